The van der Waals surface area contributed by atoms with Gasteiger partial charge in [0.1, 0.15) is 5.73 Å². The molecule has 3 aromatic rings. The van der Waals surface area contributed by atoms with Crippen LogP contribution in [0.2, 0.25) is 6.55 Å². The van der Waals surface area contributed by atoms with E-state index in [4.69, 9.17) is 11.1 Å². The lowest BCUT2D eigenvalue weighted by Crippen LogP contribution is -2.52. The van der Waals surface area contributed by atoms with Crippen LogP contribution in [0.3, 0.4) is 0 Å². The molecule has 200 valence electrons. The largest absolute Gasteiger partial charge is 0.484 e. The van der Waals surface area contributed by atoms with Gasteiger partial charge in [0.25, 0.3) is 0 Å². The summed E-state index contributed by atoms with van der Waals surface area (Å²) < 4.78 is 200. The Morgan fingerprint density at radius 2 is 0.892 bits per heavy atom. The fourth-order valence-electron chi connectivity index (χ4n) is 3.22. The van der Waals surface area contributed by atoms with Crippen molar-refractivity contribution in [3.63, 3.8) is 0 Å². The van der Waals surface area contributed by atoms with E-state index in [9.17, 15) is 61.5 Å². The normalized spacial score (nSPS) is 14.1. The summed E-state index contributed by atoms with van der Waals surface area (Å²) in [6.07, 6.45) is 0. The van der Waals surface area contributed by atoms with Gasteiger partial charge < -0.3 is 4.74 Å². The SMILES string of the molecule is C[Si](Cl)(c1c(F)c(F)c(F)c(F)c1F)C(Oc1cc(F)c(F)c(F)c1F)c1c(F)c(F)c(F)c(F)c1F. The summed E-state index contributed by atoms with van der Waals surface area (Å²) in [5, 5.41) is -2.05. The summed E-state index contributed by atoms with van der Waals surface area (Å²) >= 11 is 5.99. The van der Waals surface area contributed by atoms with Gasteiger partial charge in [-0.25, -0.2) is 57.1 Å². The summed E-state index contributed by atoms with van der Waals surface area (Å²) in [4.78, 5) is 0. The Kier molecular flexibility index (Phi) is 7.49. The van der Waals surface area contributed by atoms with Crippen LogP contribution >= 0.6 is 11.1 Å². The topological polar surface area (TPSA) is 9.23 Å². The van der Waals surface area contributed by atoms with Crippen LogP contribution < -0.4 is 9.92 Å². The van der Waals surface area contributed by atoms with Crippen molar-refractivity contribution < 1.29 is 66.2 Å². The van der Waals surface area contributed by atoms with E-state index in [2.05, 4.69) is 4.74 Å². The van der Waals surface area contributed by atoms with Gasteiger partial charge in [-0.15, -0.1) is 0 Å². The first-order valence-corrected chi connectivity index (χ1v) is 12.8. The van der Waals surface area contributed by atoms with Crippen LogP contribution in [-0.4, -0.2) is 7.38 Å². The molecule has 0 aliphatic heterocycles. The number of hydrogen-bond donors (Lipinski definition) is 0. The second-order valence-corrected chi connectivity index (χ2v) is 12.8. The molecule has 0 aliphatic carbocycles. The van der Waals surface area contributed by atoms with Gasteiger partial charge in [0.15, 0.2) is 63.9 Å². The minimum Gasteiger partial charge on any atom is -0.484 e. The summed E-state index contributed by atoms with van der Waals surface area (Å²) in [5.74, 6) is -39.1. The molecule has 2 unspecified atom stereocenters. The van der Waals surface area contributed by atoms with E-state index in [-0.39, 0.29) is 6.07 Å². The van der Waals surface area contributed by atoms with Gasteiger partial charge in [-0.1, -0.05) is 0 Å². The van der Waals surface area contributed by atoms with Gasteiger partial charge in [0.2, 0.25) is 30.7 Å². The Balaban J connectivity index is 2.45. The lowest BCUT2D eigenvalue weighted by Gasteiger charge is -2.32. The third kappa shape index (κ3) is 4.39. The van der Waals surface area contributed by atoms with Crippen molar-refractivity contribution in [2.24, 2.45) is 0 Å². The Morgan fingerprint density at radius 1 is 0.541 bits per heavy atom. The molecule has 2 atom stereocenters. The highest BCUT2D eigenvalue weighted by molar-refractivity contribution is 7.27. The lowest BCUT2D eigenvalue weighted by molar-refractivity contribution is 0.237. The maximum atomic E-state index is 14.6. The number of ether oxygens (including phenoxy) is 1. The van der Waals surface area contributed by atoms with Crippen LogP contribution in [0.4, 0.5) is 61.5 Å². The first kappa shape index (κ1) is 28.6. The molecule has 0 fully saturated rings. The summed E-state index contributed by atoms with van der Waals surface area (Å²) in [5.41, 5.74) is -5.49. The van der Waals surface area contributed by atoms with Crippen molar-refractivity contribution in [3.05, 3.63) is 93.1 Å². The molecule has 0 spiro atoms. The summed E-state index contributed by atoms with van der Waals surface area (Å²) in [6.45, 7) is 0.309. The van der Waals surface area contributed by atoms with E-state index in [1.54, 1.807) is 0 Å². The minimum atomic E-state index is -5.59. The molecule has 0 saturated heterocycles. The Bertz CT molecular complexity index is 1390. The van der Waals surface area contributed by atoms with E-state index in [0.717, 1.165) is 0 Å². The highest BCUT2D eigenvalue weighted by atomic mass is 35.6. The van der Waals surface area contributed by atoms with Crippen LogP contribution in [0.5, 0.6) is 5.75 Å². The molecule has 0 amide bonds. The van der Waals surface area contributed by atoms with E-state index in [1.807, 2.05) is 0 Å². The zero-order valence-corrected chi connectivity index (χ0v) is 19.0. The van der Waals surface area contributed by atoms with Gasteiger partial charge in [0.05, 0.1) is 5.56 Å². The third-order valence-corrected chi connectivity index (χ3v) is 8.98. The predicted molar refractivity (Wildman–Crippen MR) is 99.2 cm³/mol. The fraction of sp³-hybridized carbons (Fsp3) is 0.100. The minimum absolute atomic E-state index is 0.309. The average molecular weight is 591 g/mol. The molecule has 0 radical (unpaired) electrons. The van der Waals surface area contributed by atoms with Gasteiger partial charge in [-0.05, 0) is 6.55 Å². The molecule has 3 rings (SSSR count). The maximum absolute atomic E-state index is 14.6. The Hall–Kier alpha value is -3.01. The summed E-state index contributed by atoms with van der Waals surface area (Å²) in [7, 11) is -5.59. The van der Waals surface area contributed by atoms with E-state index in [0.29, 0.717) is 6.55 Å². The first-order valence-electron chi connectivity index (χ1n) is 9.18. The van der Waals surface area contributed by atoms with Gasteiger partial charge in [0, 0.05) is 11.3 Å². The molecule has 0 aliphatic rings. The molecule has 0 heterocycles. The van der Waals surface area contributed by atoms with Crippen molar-refractivity contribution in [1.82, 2.24) is 0 Å². The maximum Gasteiger partial charge on any atom is 0.239 e. The molecule has 17 heteroatoms. The van der Waals surface area contributed by atoms with E-state index >= 15 is 0 Å². The second-order valence-electron chi connectivity index (χ2n) is 7.30. The number of rotatable bonds is 5. The van der Waals surface area contributed by atoms with Crippen molar-refractivity contribution >= 4 is 23.6 Å². The standard InChI is InChI=1S/C20H5ClF14OSi/c1-37(21,19-17(34)15(32)14(31)16(33)18(19)35)20(5-8(25)11(28)13(30)12(29)9(5)26)36-4-2-3(22)6(23)10(27)7(4)24/h2,20H,1H3. The molecule has 0 bridgehead atoms. The highest BCUT2D eigenvalue weighted by Gasteiger charge is 2.50. The quantitative estimate of drug-likeness (QED) is 0.102. The van der Waals surface area contributed by atoms with Crippen molar-refractivity contribution in [2.45, 2.75) is 12.3 Å². The number of halogens is 15. The molecule has 3 aromatic carbocycles. The van der Waals surface area contributed by atoms with Gasteiger partial charge >= 0.3 is 0 Å². The van der Waals surface area contributed by atoms with Crippen molar-refractivity contribution in [1.29, 1.82) is 0 Å². The van der Waals surface area contributed by atoms with Gasteiger partial charge in [-0.2, -0.15) is 15.5 Å². The van der Waals surface area contributed by atoms with Crippen LogP contribution in [0.25, 0.3) is 0 Å². The zero-order chi connectivity index (χ0) is 28.3. The summed E-state index contributed by atoms with van der Waals surface area (Å²) in [6, 6.07) is -0.341. The highest BCUT2D eigenvalue weighted by Crippen LogP contribution is 2.40. The van der Waals surface area contributed by atoms with E-state index < -0.39 is 111 Å². The van der Waals surface area contributed by atoms with Crippen LogP contribution in [0.15, 0.2) is 6.07 Å². The fourth-order valence-corrected chi connectivity index (χ4v) is 6.66. The van der Waals surface area contributed by atoms with Crippen molar-refractivity contribution in [3.8, 4) is 5.75 Å². The molecule has 0 saturated carbocycles. The van der Waals surface area contributed by atoms with Crippen molar-refractivity contribution in [2.75, 3.05) is 0 Å². The van der Waals surface area contributed by atoms with Crippen LogP contribution in [0, 0.1) is 81.4 Å². The Labute approximate surface area is 201 Å². The molecular formula is C20H5ClF14OSi. The molecule has 0 N–H and O–H groups in total. The lowest BCUT2D eigenvalue weighted by atomic mass is 10.1. The van der Waals surface area contributed by atoms with E-state index in [1.165, 1.54) is 0 Å². The molecule has 1 nitrogen and oxygen atoms in total. The monoisotopic (exact) mass is 590 g/mol. The first-order chi connectivity index (χ1) is 17.0. The molecular weight excluding hydrogens is 586 g/mol. The van der Waals surface area contributed by atoms with Crippen LogP contribution in [0.1, 0.15) is 11.3 Å². The smallest absolute Gasteiger partial charge is 0.239 e. The second kappa shape index (κ2) is 9.70. The number of hydrogen-bond acceptors (Lipinski definition) is 1. The average Bonchev–Trinajstić information content (AvgIpc) is 2.84. The molecule has 0 aromatic heterocycles. The Morgan fingerprint density at radius 3 is 1.32 bits per heavy atom. The van der Waals surface area contributed by atoms with Gasteiger partial charge in [-0.3, -0.25) is 0 Å². The third-order valence-electron chi connectivity index (χ3n) is 5.01. The predicted octanol–water partition coefficient (Wildman–Crippen LogP) is 7.01. The number of benzene rings is 3. The molecule has 37 heavy (non-hydrogen) atoms. The van der Waals surface area contributed by atoms with Crippen LogP contribution in [-0.2, 0) is 0 Å². The zero-order valence-electron chi connectivity index (χ0n) is 17.2.